The second kappa shape index (κ2) is 4.89. The number of halogens is 1. The Morgan fingerprint density at radius 3 is 2.86 bits per heavy atom. The Morgan fingerprint density at radius 1 is 1.36 bits per heavy atom. The van der Waals surface area contributed by atoms with Crippen LogP contribution in [0.4, 0.5) is 0 Å². The molecule has 1 aromatic rings. The second-order valence-corrected chi connectivity index (χ2v) is 4.84. The molecule has 0 saturated carbocycles. The first-order valence-corrected chi connectivity index (χ1v) is 6.25. The minimum atomic E-state index is 0.321. The van der Waals surface area contributed by atoms with E-state index in [1.807, 2.05) is 23.9 Å². The van der Waals surface area contributed by atoms with Gasteiger partial charge in [0.05, 0.1) is 0 Å². The first-order valence-electron chi connectivity index (χ1n) is 4.71. The Labute approximate surface area is 93.0 Å². The van der Waals surface area contributed by atoms with Gasteiger partial charge in [0.1, 0.15) is 11.3 Å². The van der Waals surface area contributed by atoms with Crippen LogP contribution in [-0.2, 0) is 0 Å². The highest BCUT2D eigenvalue weighted by Crippen LogP contribution is 2.22. The molecule has 0 unspecified atom stereocenters. The molecule has 1 aliphatic heterocycles. The highest BCUT2D eigenvalue weighted by Gasteiger charge is 2.15. The maximum atomic E-state index is 5.77. The number of hydrogen-bond donors (Lipinski definition) is 0. The van der Waals surface area contributed by atoms with Crippen molar-refractivity contribution in [2.75, 3.05) is 11.5 Å². The molecule has 0 bridgehead atoms. The van der Waals surface area contributed by atoms with E-state index in [1.165, 1.54) is 11.5 Å². The molecule has 0 N–H and O–H groups in total. The van der Waals surface area contributed by atoms with Gasteiger partial charge in [0, 0.05) is 6.07 Å². The number of rotatable bonds is 2. The average Bonchev–Trinajstić information content (AvgIpc) is 2.19. The van der Waals surface area contributed by atoms with Crippen LogP contribution in [0.1, 0.15) is 12.8 Å². The Morgan fingerprint density at radius 2 is 2.14 bits per heavy atom. The van der Waals surface area contributed by atoms with Crippen molar-refractivity contribution in [1.29, 1.82) is 0 Å². The van der Waals surface area contributed by atoms with Gasteiger partial charge in [-0.2, -0.15) is 11.8 Å². The van der Waals surface area contributed by atoms with Gasteiger partial charge in [0.15, 0.2) is 0 Å². The molecular weight excluding hydrogens is 218 g/mol. The lowest BCUT2D eigenvalue weighted by molar-refractivity contribution is 0.184. The molecular formula is C10H12ClNOS. The molecule has 1 aliphatic rings. The van der Waals surface area contributed by atoms with Crippen molar-refractivity contribution in [3.63, 3.8) is 0 Å². The Bertz CT molecular complexity index is 302. The zero-order valence-corrected chi connectivity index (χ0v) is 9.35. The first-order chi connectivity index (χ1) is 6.84. The van der Waals surface area contributed by atoms with Gasteiger partial charge in [0.25, 0.3) is 0 Å². The molecule has 2 heterocycles. The molecule has 76 valence electrons. The van der Waals surface area contributed by atoms with Gasteiger partial charge < -0.3 is 4.74 Å². The molecule has 2 nitrogen and oxygen atoms in total. The molecule has 0 atom stereocenters. The summed E-state index contributed by atoms with van der Waals surface area (Å²) >= 11 is 7.75. The maximum Gasteiger partial charge on any atom is 0.214 e. The second-order valence-electron chi connectivity index (χ2n) is 3.23. The number of thioether (sulfide) groups is 1. The summed E-state index contributed by atoms with van der Waals surface area (Å²) in [4.78, 5) is 4.10. The van der Waals surface area contributed by atoms with Crippen molar-refractivity contribution in [2.24, 2.45) is 0 Å². The minimum absolute atomic E-state index is 0.321. The Hall–Kier alpha value is -0.410. The van der Waals surface area contributed by atoms with E-state index >= 15 is 0 Å². The van der Waals surface area contributed by atoms with Crippen LogP contribution in [0.25, 0.3) is 0 Å². The molecule has 0 spiro atoms. The summed E-state index contributed by atoms with van der Waals surface area (Å²) in [5.74, 6) is 3.02. The third-order valence-corrected chi connectivity index (χ3v) is 3.40. The molecule has 1 fully saturated rings. The van der Waals surface area contributed by atoms with Gasteiger partial charge in [0.2, 0.25) is 5.88 Å². The topological polar surface area (TPSA) is 22.1 Å². The fourth-order valence-corrected chi connectivity index (χ4v) is 2.64. The van der Waals surface area contributed by atoms with E-state index in [0.717, 1.165) is 12.8 Å². The molecule has 0 aliphatic carbocycles. The number of pyridine rings is 1. The molecule has 1 saturated heterocycles. The summed E-state index contributed by atoms with van der Waals surface area (Å²) in [6.07, 6.45) is 2.54. The fourth-order valence-electron chi connectivity index (χ4n) is 1.42. The van der Waals surface area contributed by atoms with Crippen molar-refractivity contribution < 1.29 is 4.74 Å². The number of nitrogens with zero attached hydrogens (tertiary/aromatic N) is 1. The van der Waals surface area contributed by atoms with Crippen molar-refractivity contribution in [2.45, 2.75) is 18.9 Å². The van der Waals surface area contributed by atoms with Gasteiger partial charge in [-0.15, -0.1) is 0 Å². The molecule has 4 heteroatoms. The molecule has 0 radical (unpaired) electrons. The first kappa shape index (κ1) is 10.1. The quantitative estimate of drug-likeness (QED) is 0.728. The number of hydrogen-bond acceptors (Lipinski definition) is 3. The van der Waals surface area contributed by atoms with Crippen LogP contribution in [0.3, 0.4) is 0 Å². The summed E-state index contributed by atoms with van der Waals surface area (Å²) in [5, 5.41) is 0.493. The van der Waals surface area contributed by atoms with Gasteiger partial charge in [-0.3, -0.25) is 0 Å². The minimum Gasteiger partial charge on any atom is -0.474 e. The van der Waals surface area contributed by atoms with Gasteiger partial charge in [-0.25, -0.2) is 4.98 Å². The Kier molecular flexibility index (Phi) is 3.54. The van der Waals surface area contributed by atoms with E-state index in [0.29, 0.717) is 17.1 Å². The summed E-state index contributed by atoms with van der Waals surface area (Å²) < 4.78 is 5.73. The predicted molar refractivity (Wildman–Crippen MR) is 60.2 cm³/mol. The third kappa shape index (κ3) is 2.79. The van der Waals surface area contributed by atoms with Gasteiger partial charge in [-0.05, 0) is 30.4 Å². The van der Waals surface area contributed by atoms with E-state index < -0.39 is 0 Å². The SMILES string of the molecule is Clc1cccc(OC2CCSCC2)n1. The van der Waals surface area contributed by atoms with Crippen LogP contribution in [0.2, 0.25) is 5.15 Å². The van der Waals surface area contributed by atoms with Crippen LogP contribution < -0.4 is 4.74 Å². The standard InChI is InChI=1S/C10H12ClNOS/c11-9-2-1-3-10(12-9)13-8-4-6-14-7-5-8/h1-3,8H,4-7H2. The van der Waals surface area contributed by atoms with Crippen LogP contribution in [-0.4, -0.2) is 22.6 Å². The molecule has 1 aromatic heterocycles. The van der Waals surface area contributed by atoms with E-state index in [-0.39, 0.29) is 0 Å². The van der Waals surface area contributed by atoms with Crippen LogP contribution in [0, 0.1) is 0 Å². The summed E-state index contributed by atoms with van der Waals surface area (Å²) in [5.41, 5.74) is 0. The van der Waals surface area contributed by atoms with E-state index in [2.05, 4.69) is 4.98 Å². The van der Waals surface area contributed by atoms with Gasteiger partial charge >= 0.3 is 0 Å². The van der Waals surface area contributed by atoms with Crippen molar-refractivity contribution in [3.05, 3.63) is 23.4 Å². The summed E-state index contributed by atoms with van der Waals surface area (Å²) in [6.45, 7) is 0. The molecule has 14 heavy (non-hydrogen) atoms. The van der Waals surface area contributed by atoms with Crippen LogP contribution in [0.5, 0.6) is 5.88 Å². The highest BCUT2D eigenvalue weighted by atomic mass is 35.5. The molecule has 0 amide bonds. The van der Waals surface area contributed by atoms with E-state index in [9.17, 15) is 0 Å². The lowest BCUT2D eigenvalue weighted by atomic mass is 10.2. The molecule has 0 aromatic carbocycles. The number of aromatic nitrogens is 1. The number of ether oxygens (including phenoxy) is 1. The molecule has 2 rings (SSSR count). The van der Waals surface area contributed by atoms with Crippen molar-refractivity contribution in [3.8, 4) is 5.88 Å². The normalized spacial score (nSPS) is 18.1. The third-order valence-electron chi connectivity index (χ3n) is 2.15. The van der Waals surface area contributed by atoms with E-state index in [1.54, 1.807) is 6.07 Å². The highest BCUT2D eigenvalue weighted by molar-refractivity contribution is 7.99. The fraction of sp³-hybridized carbons (Fsp3) is 0.500. The Balaban J connectivity index is 1.95. The zero-order valence-electron chi connectivity index (χ0n) is 7.78. The van der Waals surface area contributed by atoms with E-state index in [4.69, 9.17) is 16.3 Å². The van der Waals surface area contributed by atoms with Crippen LogP contribution >= 0.6 is 23.4 Å². The summed E-state index contributed by atoms with van der Waals surface area (Å²) in [6, 6.07) is 5.47. The van der Waals surface area contributed by atoms with Crippen LogP contribution in [0.15, 0.2) is 18.2 Å². The van der Waals surface area contributed by atoms with Crippen molar-refractivity contribution >= 4 is 23.4 Å². The van der Waals surface area contributed by atoms with Crippen molar-refractivity contribution in [1.82, 2.24) is 4.98 Å². The smallest absolute Gasteiger partial charge is 0.214 e. The van der Waals surface area contributed by atoms with Gasteiger partial charge in [-0.1, -0.05) is 17.7 Å². The maximum absolute atomic E-state index is 5.77. The largest absolute Gasteiger partial charge is 0.474 e. The lowest BCUT2D eigenvalue weighted by Crippen LogP contribution is -2.22. The average molecular weight is 230 g/mol. The monoisotopic (exact) mass is 229 g/mol. The zero-order chi connectivity index (χ0) is 9.80. The lowest BCUT2D eigenvalue weighted by Gasteiger charge is -2.21. The predicted octanol–water partition coefficient (Wildman–Crippen LogP) is 3.01. The summed E-state index contributed by atoms with van der Waals surface area (Å²) in [7, 11) is 0.